The van der Waals surface area contributed by atoms with Gasteiger partial charge in [-0.1, -0.05) is 25.1 Å². The van der Waals surface area contributed by atoms with Crippen LogP contribution in [-0.2, 0) is 10.8 Å². The first-order valence-electron chi connectivity index (χ1n) is 6.08. The second kappa shape index (κ2) is 5.96. The van der Waals surface area contributed by atoms with Crippen LogP contribution in [0.15, 0.2) is 36.5 Å². The van der Waals surface area contributed by atoms with Crippen LogP contribution in [0.2, 0.25) is 0 Å². The average Bonchev–Trinajstić information content (AvgIpc) is 2.38. The van der Waals surface area contributed by atoms with Gasteiger partial charge in [0.1, 0.15) is 0 Å². The molecule has 96 valence electrons. The van der Waals surface area contributed by atoms with E-state index in [9.17, 15) is 4.21 Å². The van der Waals surface area contributed by atoms with Crippen molar-refractivity contribution >= 4 is 27.4 Å². The zero-order chi connectivity index (χ0) is 13.0. The number of hydrogen-bond donors (Lipinski definition) is 1. The molecule has 1 heterocycles. The van der Waals surface area contributed by atoms with Crippen LogP contribution in [0, 0.1) is 0 Å². The van der Waals surface area contributed by atoms with E-state index in [0.717, 1.165) is 29.6 Å². The maximum absolute atomic E-state index is 11.3. The Hall–Kier alpha value is -1.42. The van der Waals surface area contributed by atoms with Gasteiger partial charge < -0.3 is 5.32 Å². The lowest BCUT2D eigenvalue weighted by Gasteiger charge is -2.11. The number of para-hydroxylation sites is 1. The lowest BCUT2D eigenvalue weighted by molar-refractivity contribution is 0.672. The van der Waals surface area contributed by atoms with Crippen LogP contribution in [0.4, 0.5) is 5.69 Å². The van der Waals surface area contributed by atoms with Crippen molar-refractivity contribution in [1.29, 1.82) is 0 Å². The van der Waals surface area contributed by atoms with Crippen molar-refractivity contribution in [1.82, 2.24) is 4.98 Å². The van der Waals surface area contributed by atoms with Gasteiger partial charge in [-0.05, 0) is 18.6 Å². The van der Waals surface area contributed by atoms with Gasteiger partial charge in [0.2, 0.25) is 0 Å². The fourth-order valence-electron chi connectivity index (χ4n) is 1.83. The number of pyridine rings is 1. The van der Waals surface area contributed by atoms with Crippen molar-refractivity contribution in [2.24, 2.45) is 0 Å². The number of anilines is 1. The third kappa shape index (κ3) is 3.07. The first-order valence-corrected chi connectivity index (χ1v) is 7.70. The molecule has 0 aliphatic rings. The summed E-state index contributed by atoms with van der Waals surface area (Å²) >= 11 is 0. The van der Waals surface area contributed by atoms with Crippen molar-refractivity contribution in [3.8, 4) is 0 Å². The highest BCUT2D eigenvalue weighted by Gasteiger charge is 2.06. The van der Waals surface area contributed by atoms with Gasteiger partial charge in [-0.2, -0.15) is 0 Å². The molecule has 18 heavy (non-hydrogen) atoms. The Kier molecular flexibility index (Phi) is 4.31. The summed E-state index contributed by atoms with van der Waals surface area (Å²) in [4.78, 5) is 4.32. The fraction of sp³-hybridized carbons (Fsp3) is 0.357. The van der Waals surface area contributed by atoms with E-state index in [2.05, 4.69) is 16.4 Å². The monoisotopic (exact) mass is 262 g/mol. The van der Waals surface area contributed by atoms with E-state index in [4.69, 9.17) is 0 Å². The number of hydrogen-bond acceptors (Lipinski definition) is 3. The van der Waals surface area contributed by atoms with Crippen LogP contribution in [0.25, 0.3) is 10.9 Å². The van der Waals surface area contributed by atoms with Gasteiger partial charge in [0, 0.05) is 46.1 Å². The molecule has 1 N–H and O–H groups in total. The first-order chi connectivity index (χ1) is 8.68. The molecule has 0 amide bonds. The zero-order valence-electron chi connectivity index (χ0n) is 10.7. The van der Waals surface area contributed by atoms with Crippen molar-refractivity contribution < 1.29 is 4.21 Å². The Balaban J connectivity index is 2.06. The number of benzene rings is 1. The van der Waals surface area contributed by atoms with E-state index in [-0.39, 0.29) is 5.25 Å². The summed E-state index contributed by atoms with van der Waals surface area (Å²) in [6, 6.07) is 10.0. The molecule has 3 nitrogen and oxygen atoms in total. The second-order valence-electron chi connectivity index (χ2n) is 4.40. The average molecular weight is 262 g/mol. The van der Waals surface area contributed by atoms with Gasteiger partial charge in [0.05, 0.1) is 5.52 Å². The Morgan fingerprint density at radius 1 is 1.33 bits per heavy atom. The quantitative estimate of drug-likeness (QED) is 0.901. The summed E-state index contributed by atoms with van der Waals surface area (Å²) in [5.41, 5.74) is 2.09. The molecule has 2 unspecified atom stereocenters. The molecule has 2 aromatic rings. The highest BCUT2D eigenvalue weighted by atomic mass is 32.2. The van der Waals surface area contributed by atoms with Crippen molar-refractivity contribution in [2.45, 2.75) is 18.6 Å². The number of nitrogens with one attached hydrogen (secondary N) is 1. The van der Waals surface area contributed by atoms with E-state index >= 15 is 0 Å². The van der Waals surface area contributed by atoms with Crippen molar-refractivity contribution in [2.75, 3.05) is 18.1 Å². The standard InChI is InChI=1S/C14H18N2OS/c1-11(18(2)17)7-9-15-14-8-10-16-13-6-4-3-5-12(13)14/h3-6,8,10-11H,7,9H2,1-2H3,(H,15,16). The topological polar surface area (TPSA) is 42.0 Å². The summed E-state index contributed by atoms with van der Waals surface area (Å²) < 4.78 is 11.3. The molecule has 4 heteroatoms. The Bertz CT molecular complexity index is 551. The number of rotatable bonds is 5. The minimum Gasteiger partial charge on any atom is -0.384 e. The van der Waals surface area contributed by atoms with Crippen molar-refractivity contribution in [3.63, 3.8) is 0 Å². The molecule has 0 bridgehead atoms. The molecule has 0 spiro atoms. The summed E-state index contributed by atoms with van der Waals surface area (Å²) in [7, 11) is -0.748. The van der Waals surface area contributed by atoms with Crippen LogP contribution in [0.3, 0.4) is 0 Å². The Labute approximate surface area is 110 Å². The molecule has 2 rings (SSSR count). The van der Waals surface area contributed by atoms with Crippen LogP contribution in [-0.4, -0.2) is 27.2 Å². The lowest BCUT2D eigenvalue weighted by Crippen LogP contribution is -2.14. The van der Waals surface area contributed by atoms with Crippen LogP contribution >= 0.6 is 0 Å². The Morgan fingerprint density at radius 2 is 2.11 bits per heavy atom. The van der Waals surface area contributed by atoms with Gasteiger partial charge in [0.15, 0.2) is 0 Å². The smallest absolute Gasteiger partial charge is 0.0722 e. The predicted molar refractivity (Wildman–Crippen MR) is 78.4 cm³/mol. The lowest BCUT2D eigenvalue weighted by atomic mass is 10.2. The van der Waals surface area contributed by atoms with Gasteiger partial charge in [-0.25, -0.2) is 0 Å². The normalized spacial score (nSPS) is 14.3. The minimum absolute atomic E-state index is 0.227. The molecule has 0 radical (unpaired) electrons. The fourth-order valence-corrected chi connectivity index (χ4v) is 2.28. The number of aromatic nitrogens is 1. The Morgan fingerprint density at radius 3 is 2.89 bits per heavy atom. The summed E-state index contributed by atoms with van der Waals surface area (Å²) in [6.45, 7) is 2.84. The molecule has 0 aliphatic heterocycles. The van der Waals surface area contributed by atoms with Gasteiger partial charge in [-0.15, -0.1) is 0 Å². The molecular weight excluding hydrogens is 244 g/mol. The molecule has 0 fully saturated rings. The molecule has 0 saturated heterocycles. The van der Waals surface area contributed by atoms with E-state index in [0.29, 0.717) is 0 Å². The predicted octanol–water partition coefficient (Wildman–Crippen LogP) is 2.80. The number of fused-ring (bicyclic) bond motifs is 1. The summed E-state index contributed by atoms with van der Waals surface area (Å²) in [6.07, 6.45) is 4.47. The minimum atomic E-state index is -0.748. The van der Waals surface area contributed by atoms with E-state index in [1.807, 2.05) is 37.4 Å². The molecule has 2 atom stereocenters. The molecule has 1 aromatic carbocycles. The second-order valence-corrected chi connectivity index (χ2v) is 6.20. The maximum Gasteiger partial charge on any atom is 0.0722 e. The van der Waals surface area contributed by atoms with Crippen LogP contribution in [0.5, 0.6) is 0 Å². The summed E-state index contributed by atoms with van der Waals surface area (Å²) in [5, 5.41) is 4.76. The zero-order valence-corrected chi connectivity index (χ0v) is 11.5. The molecule has 1 aromatic heterocycles. The maximum atomic E-state index is 11.3. The first kappa shape index (κ1) is 13.0. The largest absolute Gasteiger partial charge is 0.384 e. The SMILES string of the molecule is CC(CCNc1ccnc2ccccc12)S(C)=O. The van der Waals surface area contributed by atoms with Gasteiger partial charge >= 0.3 is 0 Å². The van der Waals surface area contributed by atoms with Gasteiger partial charge in [0.25, 0.3) is 0 Å². The molecule has 0 aliphatic carbocycles. The molecular formula is C14H18N2OS. The van der Waals surface area contributed by atoms with E-state index in [1.54, 1.807) is 6.26 Å². The third-order valence-corrected chi connectivity index (χ3v) is 4.45. The van der Waals surface area contributed by atoms with E-state index < -0.39 is 10.8 Å². The molecule has 0 saturated carbocycles. The number of nitrogens with zero attached hydrogens (tertiary/aromatic N) is 1. The van der Waals surface area contributed by atoms with Crippen LogP contribution < -0.4 is 5.32 Å². The van der Waals surface area contributed by atoms with Crippen LogP contribution in [0.1, 0.15) is 13.3 Å². The third-order valence-electron chi connectivity index (χ3n) is 3.08. The summed E-state index contributed by atoms with van der Waals surface area (Å²) in [5.74, 6) is 0. The van der Waals surface area contributed by atoms with Gasteiger partial charge in [-0.3, -0.25) is 9.19 Å². The van der Waals surface area contributed by atoms with E-state index in [1.165, 1.54) is 0 Å². The highest BCUT2D eigenvalue weighted by Crippen LogP contribution is 2.20. The highest BCUT2D eigenvalue weighted by molar-refractivity contribution is 7.84. The van der Waals surface area contributed by atoms with Crippen molar-refractivity contribution in [3.05, 3.63) is 36.5 Å².